The van der Waals surface area contributed by atoms with E-state index in [9.17, 15) is 0 Å². The highest BCUT2D eigenvalue weighted by Gasteiger charge is 1.80. The van der Waals surface area contributed by atoms with Crippen LogP contribution in [0.2, 0.25) is 0 Å². The standard InChI is InChI=1S/C8H13/c1-3-5-7-8-6-4-2/h3,5-8H2,1H3/q-1. The maximum atomic E-state index is 6.59. The van der Waals surface area contributed by atoms with Crippen molar-refractivity contribution >= 4 is 0 Å². The molecule has 8 heavy (non-hydrogen) atoms. The molecule has 0 saturated heterocycles. The van der Waals surface area contributed by atoms with E-state index in [2.05, 4.69) is 12.8 Å². The van der Waals surface area contributed by atoms with Crippen LogP contribution in [0.4, 0.5) is 0 Å². The summed E-state index contributed by atoms with van der Waals surface area (Å²) in [6.07, 6.45) is 12.4. The Morgan fingerprint density at radius 3 is 2.50 bits per heavy atom. The maximum Gasteiger partial charge on any atom is -0.0314 e. The van der Waals surface area contributed by atoms with Gasteiger partial charge in [0.25, 0.3) is 0 Å². The molecule has 0 bridgehead atoms. The zero-order valence-electron chi connectivity index (χ0n) is 5.54. The SMILES string of the molecule is [C-]#CCCCCCC. The average Bonchev–Trinajstić information content (AvgIpc) is 1.81. The highest BCUT2D eigenvalue weighted by molar-refractivity contribution is 4.73. The van der Waals surface area contributed by atoms with Crippen LogP contribution in [0.3, 0.4) is 0 Å². The third-order valence-electron chi connectivity index (χ3n) is 1.16. The van der Waals surface area contributed by atoms with Gasteiger partial charge in [-0.2, -0.15) is 0 Å². The smallest absolute Gasteiger partial charge is 0.0314 e. The van der Waals surface area contributed by atoms with Crippen molar-refractivity contribution in [1.82, 2.24) is 0 Å². The normalized spacial score (nSPS) is 8.50. The maximum absolute atomic E-state index is 6.59. The number of hydrogen-bond acceptors (Lipinski definition) is 0. The average molecular weight is 109 g/mol. The fourth-order valence-corrected chi connectivity index (χ4v) is 0.640. The summed E-state index contributed by atoms with van der Waals surface area (Å²) in [7, 11) is 0. The van der Waals surface area contributed by atoms with Gasteiger partial charge >= 0.3 is 0 Å². The lowest BCUT2D eigenvalue weighted by Gasteiger charge is -1.93. The van der Waals surface area contributed by atoms with Crippen molar-refractivity contribution in [1.29, 1.82) is 0 Å². The summed E-state index contributed by atoms with van der Waals surface area (Å²) in [5.41, 5.74) is 0. The van der Waals surface area contributed by atoms with Gasteiger partial charge in [0.15, 0.2) is 0 Å². The molecule has 0 aliphatic heterocycles. The van der Waals surface area contributed by atoms with Crippen LogP contribution in [0.25, 0.3) is 0 Å². The molecule has 0 fully saturated rings. The van der Waals surface area contributed by atoms with Crippen molar-refractivity contribution in [3.8, 4) is 5.92 Å². The van der Waals surface area contributed by atoms with E-state index in [0.717, 1.165) is 12.8 Å². The summed E-state index contributed by atoms with van der Waals surface area (Å²) in [5, 5.41) is 0. The van der Waals surface area contributed by atoms with Gasteiger partial charge < -0.3 is 12.3 Å². The molecule has 0 unspecified atom stereocenters. The predicted octanol–water partition coefficient (Wildman–Crippen LogP) is 2.55. The van der Waals surface area contributed by atoms with Gasteiger partial charge in [0.05, 0.1) is 0 Å². The molecule has 0 aromatic heterocycles. The van der Waals surface area contributed by atoms with Gasteiger partial charge in [-0.25, -0.2) is 0 Å². The summed E-state index contributed by atoms with van der Waals surface area (Å²) < 4.78 is 0. The van der Waals surface area contributed by atoms with Crippen LogP contribution in [-0.4, -0.2) is 0 Å². The largest absolute Gasteiger partial charge is 0.694 e. The molecular formula is C8H13-. The second-order valence-corrected chi connectivity index (χ2v) is 1.99. The monoisotopic (exact) mass is 109 g/mol. The summed E-state index contributed by atoms with van der Waals surface area (Å²) in [5.74, 6) is 2.38. The Bertz CT molecular complexity index is 66.6. The summed E-state index contributed by atoms with van der Waals surface area (Å²) in [4.78, 5) is 0. The highest BCUT2D eigenvalue weighted by Crippen LogP contribution is 2.00. The zero-order valence-corrected chi connectivity index (χ0v) is 5.54. The first-order valence-electron chi connectivity index (χ1n) is 3.31. The lowest BCUT2D eigenvalue weighted by Crippen LogP contribution is -1.72. The highest BCUT2D eigenvalue weighted by atomic mass is 13.9. The Kier molecular flexibility index (Phi) is 6.20. The summed E-state index contributed by atoms with van der Waals surface area (Å²) in [6, 6.07) is 0. The van der Waals surface area contributed by atoms with Crippen LogP contribution < -0.4 is 0 Å². The van der Waals surface area contributed by atoms with Crippen LogP contribution in [0, 0.1) is 12.3 Å². The molecule has 0 N–H and O–H groups in total. The Balaban J connectivity index is 2.65. The molecule has 0 saturated carbocycles. The quantitative estimate of drug-likeness (QED) is 0.295. The van der Waals surface area contributed by atoms with E-state index in [1.54, 1.807) is 0 Å². The third kappa shape index (κ3) is 5.56. The van der Waals surface area contributed by atoms with Crippen molar-refractivity contribution in [2.75, 3.05) is 0 Å². The van der Waals surface area contributed by atoms with Crippen molar-refractivity contribution in [2.24, 2.45) is 0 Å². The molecule has 0 amide bonds. The van der Waals surface area contributed by atoms with Crippen LogP contribution in [0.15, 0.2) is 0 Å². The van der Waals surface area contributed by atoms with Gasteiger partial charge in [-0.3, -0.25) is 0 Å². The first kappa shape index (κ1) is 7.56. The van der Waals surface area contributed by atoms with Crippen LogP contribution in [-0.2, 0) is 0 Å². The minimum atomic E-state index is 0.847. The Morgan fingerprint density at radius 1 is 1.25 bits per heavy atom. The lowest BCUT2D eigenvalue weighted by atomic mass is 10.2. The van der Waals surface area contributed by atoms with Gasteiger partial charge in [-0.1, -0.05) is 26.2 Å². The van der Waals surface area contributed by atoms with E-state index in [-0.39, 0.29) is 0 Å². The first-order chi connectivity index (χ1) is 3.91. The number of hydrogen-bond donors (Lipinski definition) is 0. The molecule has 0 radical (unpaired) electrons. The van der Waals surface area contributed by atoms with E-state index >= 15 is 0 Å². The molecule has 0 aliphatic rings. The molecule has 0 heterocycles. The Morgan fingerprint density at radius 2 is 2.00 bits per heavy atom. The van der Waals surface area contributed by atoms with E-state index in [1.807, 2.05) is 0 Å². The molecule has 46 valence electrons. The number of rotatable bonds is 4. The van der Waals surface area contributed by atoms with Crippen molar-refractivity contribution in [2.45, 2.75) is 39.0 Å². The van der Waals surface area contributed by atoms with Crippen molar-refractivity contribution in [3.63, 3.8) is 0 Å². The third-order valence-corrected chi connectivity index (χ3v) is 1.16. The molecular weight excluding hydrogens is 96.1 g/mol. The van der Waals surface area contributed by atoms with Gasteiger partial charge in [-0.05, 0) is 12.8 Å². The van der Waals surface area contributed by atoms with E-state index in [1.165, 1.54) is 19.3 Å². The second kappa shape index (κ2) is 6.56. The van der Waals surface area contributed by atoms with Gasteiger partial charge in [-0.15, -0.1) is 0 Å². The van der Waals surface area contributed by atoms with Crippen molar-refractivity contribution < 1.29 is 0 Å². The summed E-state index contributed by atoms with van der Waals surface area (Å²) in [6.45, 7) is 2.19. The zero-order chi connectivity index (χ0) is 6.24. The fraction of sp³-hybridized carbons (Fsp3) is 0.750. The number of unbranched alkanes of at least 4 members (excludes halogenated alkanes) is 4. The second-order valence-electron chi connectivity index (χ2n) is 1.99. The lowest BCUT2D eigenvalue weighted by molar-refractivity contribution is 0.679. The first-order valence-corrected chi connectivity index (χ1v) is 3.31. The summed E-state index contributed by atoms with van der Waals surface area (Å²) >= 11 is 0. The van der Waals surface area contributed by atoms with E-state index < -0.39 is 0 Å². The molecule has 0 atom stereocenters. The van der Waals surface area contributed by atoms with Crippen LogP contribution in [0.5, 0.6) is 0 Å². The molecule has 0 heteroatoms. The Labute approximate surface area is 52.3 Å². The molecule has 0 rings (SSSR count). The molecule has 0 nitrogen and oxygen atoms in total. The molecule has 0 aliphatic carbocycles. The van der Waals surface area contributed by atoms with Crippen LogP contribution >= 0.6 is 0 Å². The minimum Gasteiger partial charge on any atom is -0.694 e. The van der Waals surface area contributed by atoms with Gasteiger partial charge in [0, 0.05) is 0 Å². The minimum absolute atomic E-state index is 0.847. The molecule has 0 aromatic rings. The van der Waals surface area contributed by atoms with Gasteiger partial charge in [0.2, 0.25) is 0 Å². The van der Waals surface area contributed by atoms with Crippen molar-refractivity contribution in [3.05, 3.63) is 6.42 Å². The van der Waals surface area contributed by atoms with E-state index in [0.29, 0.717) is 0 Å². The molecule has 0 aromatic carbocycles. The van der Waals surface area contributed by atoms with Crippen LogP contribution in [0.1, 0.15) is 39.0 Å². The fourth-order valence-electron chi connectivity index (χ4n) is 0.640. The predicted molar refractivity (Wildman–Crippen MR) is 35.9 cm³/mol. The van der Waals surface area contributed by atoms with Gasteiger partial charge in [0.1, 0.15) is 0 Å². The Hall–Kier alpha value is -0.440. The van der Waals surface area contributed by atoms with E-state index in [4.69, 9.17) is 6.42 Å². The molecule has 0 spiro atoms. The topological polar surface area (TPSA) is 0 Å².